The topological polar surface area (TPSA) is 86.8 Å². The van der Waals surface area contributed by atoms with E-state index >= 15 is 0 Å². The molecule has 0 aliphatic heterocycles. The van der Waals surface area contributed by atoms with Gasteiger partial charge in [0, 0.05) is 26.1 Å². The molecular formula is C34H37N3O4S. The van der Waals surface area contributed by atoms with Gasteiger partial charge in [0.25, 0.3) is 0 Å². The Kier molecular flexibility index (Phi) is 11.0. The highest BCUT2D eigenvalue weighted by Crippen LogP contribution is 2.17. The molecule has 7 nitrogen and oxygen atoms in total. The summed E-state index contributed by atoms with van der Waals surface area (Å²) in [5.74, 6) is -0.729. The monoisotopic (exact) mass is 583 g/mol. The lowest BCUT2D eigenvalue weighted by molar-refractivity contribution is -0.141. The Morgan fingerprint density at radius 2 is 1.12 bits per heavy atom. The summed E-state index contributed by atoms with van der Waals surface area (Å²) >= 11 is 0. The highest BCUT2D eigenvalue weighted by Gasteiger charge is 2.32. The van der Waals surface area contributed by atoms with Crippen molar-refractivity contribution in [2.45, 2.75) is 32.0 Å². The lowest BCUT2D eigenvalue weighted by Crippen LogP contribution is -2.53. The summed E-state index contributed by atoms with van der Waals surface area (Å²) in [6.45, 7) is 0.234. The molecule has 0 aliphatic carbocycles. The Bertz CT molecular complexity index is 1520. The van der Waals surface area contributed by atoms with Crippen molar-refractivity contribution in [1.29, 1.82) is 0 Å². The van der Waals surface area contributed by atoms with Crippen molar-refractivity contribution in [2.75, 3.05) is 19.3 Å². The van der Waals surface area contributed by atoms with E-state index in [-0.39, 0.29) is 32.0 Å². The van der Waals surface area contributed by atoms with E-state index in [4.69, 9.17) is 0 Å². The summed E-state index contributed by atoms with van der Waals surface area (Å²) in [7, 11) is -3.73. The van der Waals surface area contributed by atoms with Gasteiger partial charge in [-0.05, 0) is 28.7 Å². The molecule has 0 spiro atoms. The van der Waals surface area contributed by atoms with Gasteiger partial charge in [-0.25, -0.2) is 8.42 Å². The van der Waals surface area contributed by atoms with Crippen molar-refractivity contribution in [3.05, 3.63) is 144 Å². The van der Waals surface area contributed by atoms with Crippen molar-refractivity contribution in [3.8, 4) is 0 Å². The summed E-state index contributed by atoms with van der Waals surface area (Å²) in [6, 6.07) is 37.1. The van der Waals surface area contributed by atoms with Gasteiger partial charge >= 0.3 is 0 Å². The SMILES string of the molecule is CS(=O)(=O)N(CC(=O)N(Cc1ccccc1)[C@@H](Cc1ccccc1)C(=O)NCCc1ccccc1)Cc1ccccc1. The first-order valence-electron chi connectivity index (χ1n) is 14.0. The fourth-order valence-corrected chi connectivity index (χ4v) is 5.47. The molecule has 0 radical (unpaired) electrons. The van der Waals surface area contributed by atoms with Crippen LogP contribution in [0.1, 0.15) is 22.3 Å². The molecule has 0 saturated heterocycles. The number of nitrogens with one attached hydrogen (secondary N) is 1. The average Bonchev–Trinajstić information content (AvgIpc) is 3.00. The zero-order valence-electron chi connectivity index (χ0n) is 23.8. The number of carbonyl (C=O) groups is 2. The van der Waals surface area contributed by atoms with Gasteiger partial charge in [0.15, 0.2) is 0 Å². The van der Waals surface area contributed by atoms with Crippen LogP contribution in [0.5, 0.6) is 0 Å². The standard InChI is InChI=1S/C34H37N3O4S/c1-42(40,41)36(25-30-18-10-4-11-19-30)27-33(38)37(26-31-20-12-5-13-21-31)32(24-29-16-8-3-9-17-29)34(39)35-23-22-28-14-6-2-7-15-28/h2-21,32H,22-27H2,1H3,(H,35,39)/t32-/m0/s1. The zero-order chi connectivity index (χ0) is 29.8. The molecule has 0 saturated carbocycles. The lowest BCUT2D eigenvalue weighted by Gasteiger charge is -2.33. The molecule has 0 aromatic heterocycles. The van der Waals surface area contributed by atoms with Crippen LogP contribution < -0.4 is 5.32 Å². The molecule has 0 heterocycles. The van der Waals surface area contributed by atoms with Crippen LogP contribution in [-0.2, 0) is 45.5 Å². The third-order valence-electron chi connectivity index (χ3n) is 7.00. The van der Waals surface area contributed by atoms with Gasteiger partial charge in [0.2, 0.25) is 21.8 Å². The fourth-order valence-electron chi connectivity index (χ4n) is 4.75. The van der Waals surface area contributed by atoms with Gasteiger partial charge in [0.1, 0.15) is 6.04 Å². The molecule has 2 amide bonds. The first kappa shape index (κ1) is 30.7. The maximum absolute atomic E-state index is 14.1. The van der Waals surface area contributed by atoms with Crippen molar-refractivity contribution < 1.29 is 18.0 Å². The number of nitrogens with zero attached hydrogens (tertiary/aromatic N) is 2. The van der Waals surface area contributed by atoms with E-state index in [0.29, 0.717) is 13.0 Å². The van der Waals surface area contributed by atoms with Crippen molar-refractivity contribution in [1.82, 2.24) is 14.5 Å². The lowest BCUT2D eigenvalue weighted by atomic mass is 10.0. The Balaban J connectivity index is 1.62. The minimum atomic E-state index is -3.73. The molecule has 0 unspecified atom stereocenters. The van der Waals surface area contributed by atoms with E-state index in [2.05, 4.69) is 5.32 Å². The molecule has 1 atom stereocenters. The van der Waals surface area contributed by atoms with Crippen LogP contribution >= 0.6 is 0 Å². The van der Waals surface area contributed by atoms with Gasteiger partial charge < -0.3 is 10.2 Å². The van der Waals surface area contributed by atoms with E-state index in [1.807, 2.05) is 121 Å². The number of rotatable bonds is 14. The molecular weight excluding hydrogens is 546 g/mol. The second kappa shape index (κ2) is 15.1. The van der Waals surface area contributed by atoms with E-state index in [9.17, 15) is 18.0 Å². The highest BCUT2D eigenvalue weighted by atomic mass is 32.2. The largest absolute Gasteiger partial charge is 0.354 e. The zero-order valence-corrected chi connectivity index (χ0v) is 24.6. The molecule has 8 heteroatoms. The van der Waals surface area contributed by atoms with Crippen LogP contribution in [0.3, 0.4) is 0 Å². The van der Waals surface area contributed by atoms with Gasteiger partial charge in [-0.2, -0.15) is 4.31 Å². The van der Waals surface area contributed by atoms with E-state index in [1.54, 1.807) is 0 Å². The predicted octanol–water partition coefficient (Wildman–Crippen LogP) is 4.45. The molecule has 4 aromatic rings. The van der Waals surface area contributed by atoms with Crippen LogP contribution in [-0.4, -0.2) is 54.8 Å². The number of hydrogen-bond donors (Lipinski definition) is 1. The van der Waals surface area contributed by atoms with Gasteiger partial charge in [-0.15, -0.1) is 0 Å². The Hall–Kier alpha value is -4.27. The molecule has 218 valence electrons. The number of carbonyl (C=O) groups excluding carboxylic acids is 2. The summed E-state index contributed by atoms with van der Waals surface area (Å²) in [5, 5.41) is 3.03. The van der Waals surface area contributed by atoms with Gasteiger partial charge in [-0.3, -0.25) is 9.59 Å². The molecule has 0 bridgehead atoms. The summed E-state index contributed by atoms with van der Waals surface area (Å²) in [4.78, 5) is 29.4. The van der Waals surface area contributed by atoms with Crippen LogP contribution in [0, 0.1) is 0 Å². The van der Waals surface area contributed by atoms with Crippen LogP contribution in [0.2, 0.25) is 0 Å². The molecule has 4 rings (SSSR count). The summed E-state index contributed by atoms with van der Waals surface area (Å²) < 4.78 is 26.8. The summed E-state index contributed by atoms with van der Waals surface area (Å²) in [5.41, 5.74) is 3.61. The Morgan fingerprint density at radius 3 is 1.62 bits per heavy atom. The van der Waals surface area contributed by atoms with Crippen LogP contribution in [0.4, 0.5) is 0 Å². The van der Waals surface area contributed by atoms with E-state index < -0.39 is 22.0 Å². The average molecular weight is 584 g/mol. The van der Waals surface area contributed by atoms with Gasteiger partial charge in [0.05, 0.1) is 12.8 Å². The fraction of sp³-hybridized carbons (Fsp3) is 0.235. The van der Waals surface area contributed by atoms with Crippen molar-refractivity contribution in [3.63, 3.8) is 0 Å². The number of amides is 2. The first-order chi connectivity index (χ1) is 20.3. The smallest absolute Gasteiger partial charge is 0.243 e. The maximum Gasteiger partial charge on any atom is 0.243 e. The van der Waals surface area contributed by atoms with Crippen LogP contribution in [0.25, 0.3) is 0 Å². The minimum absolute atomic E-state index is 0.0528. The normalized spacial score (nSPS) is 12.0. The number of sulfonamides is 1. The molecule has 0 aliphatic rings. The van der Waals surface area contributed by atoms with Gasteiger partial charge in [-0.1, -0.05) is 121 Å². The van der Waals surface area contributed by atoms with E-state index in [0.717, 1.165) is 32.8 Å². The molecule has 42 heavy (non-hydrogen) atoms. The maximum atomic E-state index is 14.1. The Labute approximate surface area is 248 Å². The predicted molar refractivity (Wildman–Crippen MR) is 166 cm³/mol. The number of benzene rings is 4. The van der Waals surface area contributed by atoms with Crippen LogP contribution in [0.15, 0.2) is 121 Å². The highest BCUT2D eigenvalue weighted by molar-refractivity contribution is 7.88. The Morgan fingerprint density at radius 1 is 0.667 bits per heavy atom. The first-order valence-corrected chi connectivity index (χ1v) is 15.8. The van der Waals surface area contributed by atoms with E-state index in [1.165, 1.54) is 4.90 Å². The second-order valence-corrected chi connectivity index (χ2v) is 12.2. The van der Waals surface area contributed by atoms with Crippen molar-refractivity contribution >= 4 is 21.8 Å². The number of hydrogen-bond acceptors (Lipinski definition) is 4. The molecule has 1 N–H and O–H groups in total. The minimum Gasteiger partial charge on any atom is -0.354 e. The molecule has 4 aromatic carbocycles. The summed E-state index contributed by atoms with van der Waals surface area (Å²) in [6.07, 6.45) is 2.03. The molecule has 0 fully saturated rings. The second-order valence-electron chi connectivity index (χ2n) is 10.3. The van der Waals surface area contributed by atoms with Crippen molar-refractivity contribution in [2.24, 2.45) is 0 Å². The third kappa shape index (κ3) is 9.39. The quantitative estimate of drug-likeness (QED) is 0.238. The third-order valence-corrected chi connectivity index (χ3v) is 8.20.